The van der Waals surface area contributed by atoms with Crippen molar-refractivity contribution >= 4 is 27.5 Å². The Kier molecular flexibility index (Phi) is 8.76. The minimum atomic E-state index is 0.509. The molecule has 0 fully saturated rings. The molecule has 25 heavy (non-hydrogen) atoms. The number of rotatable bonds is 10. The van der Waals surface area contributed by atoms with Crippen molar-refractivity contribution in [3.63, 3.8) is 0 Å². The molecule has 0 aliphatic carbocycles. The SMILES string of the molecule is CCN(CC)CCNCc1cc(Br)ccc1OCc1cccc(Cl)c1. The van der Waals surface area contributed by atoms with Gasteiger partial charge >= 0.3 is 0 Å². The maximum absolute atomic E-state index is 6.04. The summed E-state index contributed by atoms with van der Waals surface area (Å²) < 4.78 is 7.08. The van der Waals surface area contributed by atoms with Crippen molar-refractivity contribution in [2.45, 2.75) is 27.0 Å². The molecule has 2 aromatic rings. The number of halogens is 2. The van der Waals surface area contributed by atoms with E-state index in [1.54, 1.807) is 0 Å². The Bertz CT molecular complexity index is 662. The highest BCUT2D eigenvalue weighted by molar-refractivity contribution is 9.10. The van der Waals surface area contributed by atoms with Crippen LogP contribution in [0, 0.1) is 0 Å². The summed E-state index contributed by atoms with van der Waals surface area (Å²) in [5.41, 5.74) is 2.21. The molecule has 0 unspecified atom stereocenters. The average molecular weight is 426 g/mol. The third kappa shape index (κ3) is 6.98. The minimum absolute atomic E-state index is 0.509. The molecule has 0 heterocycles. The lowest BCUT2D eigenvalue weighted by atomic mass is 10.2. The second-order valence-corrected chi connectivity index (χ2v) is 7.23. The summed E-state index contributed by atoms with van der Waals surface area (Å²) in [6.07, 6.45) is 0. The van der Waals surface area contributed by atoms with E-state index in [0.29, 0.717) is 6.61 Å². The minimum Gasteiger partial charge on any atom is -0.489 e. The third-order valence-electron chi connectivity index (χ3n) is 4.12. The molecule has 3 nitrogen and oxygen atoms in total. The normalized spacial score (nSPS) is 11.1. The zero-order chi connectivity index (χ0) is 18.1. The molecule has 0 aliphatic heterocycles. The number of nitrogens with one attached hydrogen (secondary N) is 1. The molecule has 0 radical (unpaired) electrons. The van der Waals surface area contributed by atoms with Crippen molar-refractivity contribution in [2.24, 2.45) is 0 Å². The summed E-state index contributed by atoms with van der Waals surface area (Å²) in [4.78, 5) is 2.41. The first-order chi connectivity index (χ1) is 12.1. The van der Waals surface area contributed by atoms with Gasteiger partial charge in [0.15, 0.2) is 0 Å². The van der Waals surface area contributed by atoms with Gasteiger partial charge in [0, 0.05) is 34.7 Å². The lowest BCUT2D eigenvalue weighted by Crippen LogP contribution is -2.31. The monoisotopic (exact) mass is 424 g/mol. The first-order valence-electron chi connectivity index (χ1n) is 8.71. The van der Waals surface area contributed by atoms with Crippen LogP contribution in [-0.2, 0) is 13.2 Å². The third-order valence-corrected chi connectivity index (χ3v) is 4.85. The lowest BCUT2D eigenvalue weighted by molar-refractivity contribution is 0.295. The van der Waals surface area contributed by atoms with Crippen molar-refractivity contribution in [3.05, 3.63) is 63.1 Å². The number of hydrogen-bond acceptors (Lipinski definition) is 3. The van der Waals surface area contributed by atoms with Gasteiger partial charge in [-0.25, -0.2) is 0 Å². The van der Waals surface area contributed by atoms with Crippen LogP contribution in [0.3, 0.4) is 0 Å². The van der Waals surface area contributed by atoms with E-state index in [-0.39, 0.29) is 0 Å². The lowest BCUT2D eigenvalue weighted by Gasteiger charge is -2.18. The molecule has 0 saturated carbocycles. The van der Waals surface area contributed by atoms with Crippen LogP contribution in [0.5, 0.6) is 5.75 Å². The van der Waals surface area contributed by atoms with Gasteiger partial charge in [-0.2, -0.15) is 0 Å². The van der Waals surface area contributed by atoms with Crippen LogP contribution in [0.25, 0.3) is 0 Å². The van der Waals surface area contributed by atoms with E-state index in [1.807, 2.05) is 36.4 Å². The van der Waals surface area contributed by atoms with E-state index in [1.165, 1.54) is 0 Å². The van der Waals surface area contributed by atoms with Crippen LogP contribution in [0.1, 0.15) is 25.0 Å². The Morgan fingerprint density at radius 3 is 2.64 bits per heavy atom. The Balaban J connectivity index is 1.92. The van der Waals surface area contributed by atoms with Gasteiger partial charge in [-0.15, -0.1) is 0 Å². The quantitative estimate of drug-likeness (QED) is 0.535. The summed E-state index contributed by atoms with van der Waals surface area (Å²) in [5.74, 6) is 0.901. The van der Waals surface area contributed by atoms with Gasteiger partial charge in [0.2, 0.25) is 0 Å². The molecule has 0 atom stereocenters. The maximum Gasteiger partial charge on any atom is 0.124 e. The van der Waals surface area contributed by atoms with Crippen molar-refractivity contribution in [1.29, 1.82) is 0 Å². The van der Waals surface area contributed by atoms with E-state index in [9.17, 15) is 0 Å². The summed E-state index contributed by atoms with van der Waals surface area (Å²) >= 11 is 9.58. The molecule has 136 valence electrons. The molecule has 0 spiro atoms. The van der Waals surface area contributed by atoms with E-state index in [2.05, 4.69) is 46.1 Å². The summed E-state index contributed by atoms with van der Waals surface area (Å²) in [7, 11) is 0. The van der Waals surface area contributed by atoms with Gasteiger partial charge < -0.3 is 15.0 Å². The smallest absolute Gasteiger partial charge is 0.124 e. The molecule has 0 saturated heterocycles. The number of nitrogens with zero attached hydrogens (tertiary/aromatic N) is 1. The van der Waals surface area contributed by atoms with Crippen LogP contribution < -0.4 is 10.1 Å². The summed E-state index contributed by atoms with van der Waals surface area (Å²) in [6, 6.07) is 13.9. The second-order valence-electron chi connectivity index (χ2n) is 5.87. The molecule has 0 aromatic heterocycles. The van der Waals surface area contributed by atoms with Gasteiger partial charge in [0.05, 0.1) is 0 Å². The van der Waals surface area contributed by atoms with Crippen molar-refractivity contribution in [1.82, 2.24) is 10.2 Å². The zero-order valence-electron chi connectivity index (χ0n) is 14.9. The largest absolute Gasteiger partial charge is 0.489 e. The van der Waals surface area contributed by atoms with E-state index in [0.717, 1.165) is 59.1 Å². The predicted octanol–water partition coefficient (Wildman–Crippen LogP) is 5.11. The van der Waals surface area contributed by atoms with Crippen LogP contribution >= 0.6 is 27.5 Å². The number of ether oxygens (including phenoxy) is 1. The van der Waals surface area contributed by atoms with E-state index >= 15 is 0 Å². The van der Waals surface area contributed by atoms with Crippen LogP contribution in [0.4, 0.5) is 0 Å². The van der Waals surface area contributed by atoms with Crippen LogP contribution in [-0.4, -0.2) is 31.1 Å². The maximum atomic E-state index is 6.04. The molecule has 0 aliphatic rings. The fourth-order valence-corrected chi connectivity index (χ4v) is 3.24. The number of hydrogen-bond donors (Lipinski definition) is 1. The Labute approximate surface area is 164 Å². The highest BCUT2D eigenvalue weighted by atomic mass is 79.9. The Hall–Kier alpha value is -1.07. The molecule has 5 heteroatoms. The van der Waals surface area contributed by atoms with Gasteiger partial charge in [-0.05, 0) is 49.0 Å². The molecular formula is C20H26BrClN2O. The molecule has 2 rings (SSSR count). The molecule has 2 aromatic carbocycles. The van der Waals surface area contributed by atoms with Gasteiger partial charge in [-0.3, -0.25) is 0 Å². The summed E-state index contributed by atoms with van der Waals surface area (Å²) in [6.45, 7) is 9.87. The van der Waals surface area contributed by atoms with Gasteiger partial charge in [0.1, 0.15) is 12.4 Å². The van der Waals surface area contributed by atoms with E-state index < -0.39 is 0 Å². The molecule has 1 N–H and O–H groups in total. The fraction of sp³-hybridized carbons (Fsp3) is 0.400. The number of likely N-dealkylation sites (N-methyl/N-ethyl adjacent to an activating group) is 1. The van der Waals surface area contributed by atoms with E-state index in [4.69, 9.17) is 16.3 Å². The predicted molar refractivity (Wildman–Crippen MR) is 109 cm³/mol. The topological polar surface area (TPSA) is 24.5 Å². The highest BCUT2D eigenvalue weighted by Gasteiger charge is 2.06. The first-order valence-corrected chi connectivity index (χ1v) is 9.88. The molecular weight excluding hydrogens is 400 g/mol. The second kappa shape index (κ2) is 10.8. The highest BCUT2D eigenvalue weighted by Crippen LogP contribution is 2.24. The van der Waals surface area contributed by atoms with Crippen molar-refractivity contribution in [3.8, 4) is 5.75 Å². The first kappa shape index (κ1) is 20.2. The number of benzene rings is 2. The Morgan fingerprint density at radius 2 is 1.92 bits per heavy atom. The van der Waals surface area contributed by atoms with Gasteiger partial charge in [0.25, 0.3) is 0 Å². The molecule has 0 bridgehead atoms. The zero-order valence-corrected chi connectivity index (χ0v) is 17.2. The van der Waals surface area contributed by atoms with Crippen LogP contribution in [0.2, 0.25) is 5.02 Å². The van der Waals surface area contributed by atoms with Crippen molar-refractivity contribution in [2.75, 3.05) is 26.2 Å². The average Bonchev–Trinajstić information content (AvgIpc) is 2.61. The van der Waals surface area contributed by atoms with Gasteiger partial charge in [-0.1, -0.05) is 53.5 Å². The standard InChI is InChI=1S/C20H26BrClN2O/c1-3-24(4-2)11-10-23-14-17-13-18(21)8-9-20(17)25-15-16-6-5-7-19(22)12-16/h5-9,12-13,23H,3-4,10-11,14-15H2,1-2H3. The van der Waals surface area contributed by atoms with Crippen molar-refractivity contribution < 1.29 is 4.74 Å². The fourth-order valence-electron chi connectivity index (χ4n) is 2.61. The summed E-state index contributed by atoms with van der Waals surface area (Å²) in [5, 5.41) is 4.24. The Morgan fingerprint density at radius 1 is 1.12 bits per heavy atom. The van der Waals surface area contributed by atoms with Crippen LogP contribution in [0.15, 0.2) is 46.9 Å². The molecule has 0 amide bonds.